The summed E-state index contributed by atoms with van der Waals surface area (Å²) in [5, 5.41) is 11.5. The minimum atomic E-state index is -0.905. The zero-order valence-corrected chi connectivity index (χ0v) is 33.6. The first-order valence-corrected chi connectivity index (χ1v) is 19.1. The van der Waals surface area contributed by atoms with Gasteiger partial charge in [0.05, 0.1) is 49.5 Å². The fourth-order valence-corrected chi connectivity index (χ4v) is 7.35. The van der Waals surface area contributed by atoms with Crippen LogP contribution >= 0.6 is 34.8 Å². The van der Waals surface area contributed by atoms with Gasteiger partial charge in [-0.2, -0.15) is 5.26 Å². The molecular weight excluding hydrogens is 763 g/mol. The Balaban J connectivity index is 0.00000673. The van der Waals surface area contributed by atoms with Gasteiger partial charge in [0.2, 0.25) is 5.91 Å². The number of carbonyl (C=O) groups excluding carboxylic acids is 2. The number of rotatable bonds is 14. The minimum absolute atomic E-state index is 0. The summed E-state index contributed by atoms with van der Waals surface area (Å²) in [5.41, 5.74) is 1.91. The Kier molecular flexibility index (Phi) is 15.8. The van der Waals surface area contributed by atoms with Crippen molar-refractivity contribution in [2.75, 3.05) is 79.9 Å². The highest BCUT2D eigenvalue weighted by Gasteiger charge is 2.45. The van der Waals surface area contributed by atoms with E-state index in [1.165, 1.54) is 0 Å². The molecule has 0 N–H and O–H groups in total. The molecule has 1 fully saturated rings. The molecule has 0 radical (unpaired) electrons. The van der Waals surface area contributed by atoms with E-state index in [-0.39, 0.29) is 25.9 Å². The molecule has 2 aliphatic rings. The summed E-state index contributed by atoms with van der Waals surface area (Å²) in [6.07, 6.45) is 0. The van der Waals surface area contributed by atoms with Gasteiger partial charge in [-0.25, -0.2) is 4.79 Å². The largest absolute Gasteiger partial charge is 0.493 e. The fourth-order valence-electron chi connectivity index (χ4n) is 6.70. The average molecular weight is 814 g/mol. The van der Waals surface area contributed by atoms with E-state index in [2.05, 4.69) is 11.0 Å². The van der Waals surface area contributed by atoms with Crippen LogP contribution < -0.4 is 4.74 Å². The molecule has 0 aromatic heterocycles. The minimum Gasteiger partial charge on any atom is -0.493 e. The van der Waals surface area contributed by atoms with E-state index in [4.69, 9.17) is 54.0 Å². The highest BCUT2D eigenvalue weighted by molar-refractivity contribution is 6.32. The lowest BCUT2D eigenvalue weighted by Crippen LogP contribution is -2.55. The summed E-state index contributed by atoms with van der Waals surface area (Å²) in [6.45, 7) is 9.59. The predicted molar refractivity (Wildman–Crippen MR) is 218 cm³/mol. The Morgan fingerprint density at radius 1 is 0.909 bits per heavy atom. The second-order valence-corrected chi connectivity index (χ2v) is 15.0. The van der Waals surface area contributed by atoms with E-state index in [0.29, 0.717) is 96.9 Å². The maximum atomic E-state index is 15.1. The Labute approximate surface area is 340 Å². The number of nitriles is 1. The first kappa shape index (κ1) is 43.8. The van der Waals surface area contributed by atoms with Crippen LogP contribution in [0.2, 0.25) is 15.1 Å². The van der Waals surface area contributed by atoms with Crippen molar-refractivity contribution >= 4 is 52.6 Å². The number of halogens is 3. The summed E-state index contributed by atoms with van der Waals surface area (Å²) in [5.74, 6) is 0.823. The van der Waals surface area contributed by atoms with Gasteiger partial charge < -0.3 is 24.0 Å². The van der Waals surface area contributed by atoms with Gasteiger partial charge in [0.15, 0.2) is 0 Å². The van der Waals surface area contributed by atoms with Crippen molar-refractivity contribution in [2.24, 2.45) is 4.99 Å². The lowest BCUT2D eigenvalue weighted by atomic mass is 9.85. The van der Waals surface area contributed by atoms with Gasteiger partial charge in [0.1, 0.15) is 17.6 Å². The number of piperazine rings is 1. The molecule has 1 saturated heterocycles. The zero-order valence-electron chi connectivity index (χ0n) is 31.4. The summed E-state index contributed by atoms with van der Waals surface area (Å²) in [7, 11) is 3.22. The zero-order chi connectivity index (χ0) is 39.0. The number of amidine groups is 1. The molecule has 2 aliphatic heterocycles. The van der Waals surface area contributed by atoms with E-state index in [9.17, 15) is 10.1 Å². The predicted octanol–water partition coefficient (Wildman–Crippen LogP) is 7.89. The second-order valence-electron chi connectivity index (χ2n) is 13.7. The van der Waals surface area contributed by atoms with E-state index in [1.54, 1.807) is 67.0 Å². The van der Waals surface area contributed by atoms with E-state index in [1.807, 2.05) is 43.3 Å². The molecule has 2 atom stereocenters. The molecule has 5 rings (SSSR count). The maximum Gasteiger partial charge on any atom is 0.326 e. The van der Waals surface area contributed by atoms with Crippen LogP contribution in [0.5, 0.6) is 5.75 Å². The van der Waals surface area contributed by atoms with Gasteiger partial charge in [-0.3, -0.25) is 19.6 Å². The van der Waals surface area contributed by atoms with Crippen LogP contribution in [0.15, 0.2) is 65.7 Å². The van der Waals surface area contributed by atoms with Crippen LogP contribution in [0, 0.1) is 11.3 Å². The number of benzene rings is 3. The second kappa shape index (κ2) is 19.8. The van der Waals surface area contributed by atoms with Crippen LogP contribution in [0.1, 0.15) is 62.5 Å². The van der Waals surface area contributed by atoms with Crippen LogP contribution in [0.4, 0.5) is 4.79 Å². The topological polar surface area (TPSA) is 111 Å². The Bertz CT molecular complexity index is 1830. The van der Waals surface area contributed by atoms with Crippen LogP contribution in [0.25, 0.3) is 0 Å². The van der Waals surface area contributed by atoms with E-state index < -0.39 is 17.5 Å². The summed E-state index contributed by atoms with van der Waals surface area (Å²) >= 11 is 19.6. The molecule has 0 bridgehead atoms. The summed E-state index contributed by atoms with van der Waals surface area (Å²) < 4.78 is 16.6. The molecule has 2 heterocycles. The quantitative estimate of drug-likeness (QED) is 0.163. The van der Waals surface area contributed by atoms with Gasteiger partial charge in [-0.05, 0) is 73.9 Å². The molecule has 3 amide bonds. The normalized spacial score (nSPS) is 17.3. The number of aliphatic imine (C=N–C) groups is 1. The lowest BCUT2D eigenvalue weighted by Gasteiger charge is -2.39. The highest BCUT2D eigenvalue weighted by atomic mass is 35.5. The van der Waals surface area contributed by atoms with Crippen molar-refractivity contribution in [1.29, 1.82) is 5.26 Å². The van der Waals surface area contributed by atoms with Gasteiger partial charge in [0, 0.05) is 68.6 Å². The fraction of sp³-hybridized carbons (Fsp3) is 0.463. The van der Waals surface area contributed by atoms with Crippen LogP contribution in [0.3, 0.4) is 0 Å². The van der Waals surface area contributed by atoms with Gasteiger partial charge >= 0.3 is 6.03 Å². The molecule has 11 nitrogen and oxygen atoms in total. The third-order valence-corrected chi connectivity index (χ3v) is 10.6. The Hall–Kier alpha value is -3.89. The molecule has 296 valence electrons. The Morgan fingerprint density at radius 2 is 1.47 bits per heavy atom. The number of amides is 3. The molecule has 0 spiro atoms. The summed E-state index contributed by atoms with van der Waals surface area (Å²) in [6, 6.07) is 19.4. The molecule has 0 saturated carbocycles. The maximum absolute atomic E-state index is 15.1. The number of ether oxygens (including phenoxy) is 3. The molecule has 3 aromatic rings. The van der Waals surface area contributed by atoms with Crippen LogP contribution in [-0.2, 0) is 19.7 Å². The van der Waals surface area contributed by atoms with Crippen molar-refractivity contribution in [1.82, 2.24) is 19.6 Å². The first-order valence-electron chi connectivity index (χ1n) is 18.0. The SMILES string of the molecule is C.CCOc1cc(C(C)(C)C#N)c(Cl)cc1C1=N[C@@H](c2ccc(Cl)cc2)[C@@H](c2ccc(Cl)cc2)N1C(=O)N1CCN(CC(=O)N(CCOC)CCOC)CC1. The molecular formula is C41H51Cl3N6O5. The van der Waals surface area contributed by atoms with Gasteiger partial charge in [-0.1, -0.05) is 66.5 Å². The van der Waals surface area contributed by atoms with Gasteiger partial charge in [0.25, 0.3) is 0 Å². The average Bonchev–Trinajstić information content (AvgIpc) is 3.56. The third kappa shape index (κ3) is 10.3. The standard InChI is InChI=1S/C40H47Cl3N6O5.CH4/c1-6-54-34-24-32(40(2,3)26-44)33(43)23-31(34)38-45-36(27-7-11-29(41)12-8-27)37(28-9-13-30(42)14-10-28)49(38)39(51)48-17-15-46(16-18-48)25-35(50)47(19-21-52-4)20-22-53-5;/h7-14,23-24,36-37H,6,15-22,25H2,1-5H3;1H4/t36-,37+;/m0./s1. The Morgan fingerprint density at radius 3 is 2.00 bits per heavy atom. The smallest absolute Gasteiger partial charge is 0.326 e. The van der Waals surface area contributed by atoms with E-state index in [0.717, 1.165) is 11.1 Å². The first-order chi connectivity index (χ1) is 25.9. The molecule has 3 aromatic carbocycles. The highest BCUT2D eigenvalue weighted by Crippen LogP contribution is 2.46. The third-order valence-electron chi connectivity index (χ3n) is 9.74. The van der Waals surface area contributed by atoms with Crippen molar-refractivity contribution in [2.45, 2.75) is 45.7 Å². The number of hydrogen-bond donors (Lipinski definition) is 0. The van der Waals surface area contributed by atoms with Gasteiger partial charge in [-0.15, -0.1) is 0 Å². The van der Waals surface area contributed by atoms with Crippen molar-refractivity contribution in [3.63, 3.8) is 0 Å². The van der Waals surface area contributed by atoms with E-state index >= 15 is 4.79 Å². The molecule has 14 heteroatoms. The molecule has 0 unspecified atom stereocenters. The summed E-state index contributed by atoms with van der Waals surface area (Å²) in [4.78, 5) is 41.0. The number of nitrogens with zero attached hydrogens (tertiary/aromatic N) is 6. The van der Waals surface area contributed by atoms with Crippen molar-refractivity contribution in [3.05, 3.63) is 98.0 Å². The number of hydrogen-bond acceptors (Lipinski definition) is 8. The van der Waals surface area contributed by atoms with Crippen molar-refractivity contribution < 1.29 is 23.8 Å². The number of urea groups is 1. The van der Waals surface area contributed by atoms with Crippen molar-refractivity contribution in [3.8, 4) is 11.8 Å². The number of carbonyl (C=O) groups is 2. The monoisotopic (exact) mass is 812 g/mol. The molecule has 55 heavy (non-hydrogen) atoms. The lowest BCUT2D eigenvalue weighted by molar-refractivity contribution is -0.134. The number of methoxy groups -OCH3 is 2. The molecule has 0 aliphatic carbocycles. The van der Waals surface area contributed by atoms with Crippen LogP contribution in [-0.4, -0.2) is 117 Å².